The Morgan fingerprint density at radius 2 is 2.17 bits per heavy atom. The maximum atomic E-state index is 12.8. The van der Waals surface area contributed by atoms with Crippen LogP contribution >= 0.6 is 15.9 Å². The van der Waals surface area contributed by atoms with Gasteiger partial charge in [0.25, 0.3) is 5.91 Å². The summed E-state index contributed by atoms with van der Waals surface area (Å²) in [6, 6.07) is 2.33. The Labute approximate surface area is 76.1 Å². The van der Waals surface area contributed by atoms with E-state index in [0.29, 0.717) is 0 Å². The smallest absolute Gasteiger partial charge is 0.255 e. The van der Waals surface area contributed by atoms with Crippen LogP contribution in [-0.4, -0.2) is 11.0 Å². The van der Waals surface area contributed by atoms with E-state index < -0.39 is 23.0 Å². The van der Waals surface area contributed by atoms with E-state index in [1.165, 1.54) is 6.07 Å². The van der Waals surface area contributed by atoms with Crippen molar-refractivity contribution in [2.75, 3.05) is 0 Å². The molecule has 0 aliphatic rings. The summed E-state index contributed by atoms with van der Waals surface area (Å²) in [5.74, 6) is -2.29. The van der Waals surface area contributed by atoms with Crippen LogP contribution in [-0.2, 0) is 0 Å². The number of benzene rings is 1. The van der Waals surface area contributed by atoms with Crippen LogP contribution in [0.4, 0.5) is 4.39 Å². The number of phenols is 1. The van der Waals surface area contributed by atoms with Gasteiger partial charge in [0, 0.05) is 0 Å². The molecule has 0 atom stereocenters. The van der Waals surface area contributed by atoms with Crippen molar-refractivity contribution >= 4 is 21.8 Å². The minimum Gasteiger partial charge on any atom is -0.506 e. The molecule has 1 aromatic rings. The Morgan fingerprint density at radius 3 is 2.58 bits per heavy atom. The van der Waals surface area contributed by atoms with E-state index in [0.717, 1.165) is 6.07 Å². The maximum absolute atomic E-state index is 12.8. The van der Waals surface area contributed by atoms with Gasteiger partial charge in [0.2, 0.25) is 0 Å². The highest BCUT2D eigenvalue weighted by Gasteiger charge is 2.15. The number of hydrogen-bond donors (Lipinski definition) is 2. The van der Waals surface area contributed by atoms with Crippen molar-refractivity contribution in [3.05, 3.63) is 28.0 Å². The SMILES string of the molecule is NC(=O)c1c(F)ccc(Br)c1O. The second-order valence-corrected chi connectivity index (χ2v) is 2.97. The molecule has 0 aliphatic heterocycles. The normalized spacial score (nSPS) is 9.83. The standard InChI is InChI=1S/C7H5BrFNO2/c8-3-1-2-4(9)5(6(3)11)7(10)12/h1-2,11H,(H2,10,12). The molecular formula is C7H5BrFNO2. The number of amides is 1. The van der Waals surface area contributed by atoms with Crippen LogP contribution in [0.15, 0.2) is 16.6 Å². The van der Waals surface area contributed by atoms with Crippen LogP contribution in [0.3, 0.4) is 0 Å². The molecule has 0 saturated carbocycles. The average Bonchev–Trinajstić information content (AvgIpc) is 1.97. The molecule has 0 fully saturated rings. The molecule has 3 nitrogen and oxygen atoms in total. The molecule has 5 heteroatoms. The molecule has 0 radical (unpaired) electrons. The minimum atomic E-state index is -0.994. The fourth-order valence-corrected chi connectivity index (χ4v) is 1.11. The number of carbonyl (C=O) groups excluding carboxylic acids is 1. The number of halogens is 2. The molecule has 1 aromatic carbocycles. The third-order valence-electron chi connectivity index (χ3n) is 1.32. The van der Waals surface area contributed by atoms with Crippen LogP contribution in [0.1, 0.15) is 10.4 Å². The number of aromatic hydroxyl groups is 1. The van der Waals surface area contributed by atoms with Crippen molar-refractivity contribution in [1.29, 1.82) is 0 Å². The van der Waals surface area contributed by atoms with Gasteiger partial charge in [0.1, 0.15) is 17.1 Å². The Balaban J connectivity index is 3.43. The third kappa shape index (κ3) is 1.40. The molecule has 3 N–H and O–H groups in total. The number of primary amides is 1. The van der Waals surface area contributed by atoms with E-state index in [-0.39, 0.29) is 4.47 Å². The average molecular weight is 234 g/mol. The van der Waals surface area contributed by atoms with Gasteiger partial charge >= 0.3 is 0 Å². The quantitative estimate of drug-likeness (QED) is 0.771. The van der Waals surface area contributed by atoms with Gasteiger partial charge < -0.3 is 10.8 Å². The van der Waals surface area contributed by atoms with E-state index in [4.69, 9.17) is 10.8 Å². The van der Waals surface area contributed by atoms with Crippen LogP contribution < -0.4 is 5.73 Å². The molecular weight excluding hydrogens is 229 g/mol. The maximum Gasteiger partial charge on any atom is 0.255 e. The van der Waals surface area contributed by atoms with Crippen molar-refractivity contribution in [3.63, 3.8) is 0 Å². The molecule has 0 heterocycles. The van der Waals surface area contributed by atoms with E-state index in [1.54, 1.807) is 0 Å². The lowest BCUT2D eigenvalue weighted by atomic mass is 10.2. The topological polar surface area (TPSA) is 63.3 Å². The Kier molecular flexibility index (Phi) is 2.32. The first kappa shape index (κ1) is 8.99. The molecule has 0 unspecified atom stereocenters. The molecule has 0 spiro atoms. The zero-order valence-corrected chi connectivity index (χ0v) is 7.43. The summed E-state index contributed by atoms with van der Waals surface area (Å²) in [6.07, 6.45) is 0. The first-order chi connectivity index (χ1) is 5.54. The monoisotopic (exact) mass is 233 g/mol. The van der Waals surface area contributed by atoms with Gasteiger partial charge in [0.05, 0.1) is 4.47 Å². The van der Waals surface area contributed by atoms with Gasteiger partial charge in [-0.2, -0.15) is 0 Å². The Hall–Kier alpha value is -1.10. The minimum absolute atomic E-state index is 0.234. The van der Waals surface area contributed by atoms with Gasteiger partial charge in [-0.15, -0.1) is 0 Å². The van der Waals surface area contributed by atoms with Gasteiger partial charge in [-0.1, -0.05) is 0 Å². The number of rotatable bonds is 1. The molecule has 1 amide bonds. The van der Waals surface area contributed by atoms with Crippen molar-refractivity contribution in [3.8, 4) is 5.75 Å². The Bertz CT molecular complexity index is 340. The first-order valence-electron chi connectivity index (χ1n) is 3.01. The van der Waals surface area contributed by atoms with Crippen molar-refractivity contribution in [2.24, 2.45) is 5.73 Å². The second kappa shape index (κ2) is 3.10. The van der Waals surface area contributed by atoms with Crippen LogP contribution in [0.25, 0.3) is 0 Å². The molecule has 0 saturated heterocycles. The summed E-state index contributed by atoms with van der Waals surface area (Å²) in [6.45, 7) is 0. The first-order valence-corrected chi connectivity index (χ1v) is 3.80. The fourth-order valence-electron chi connectivity index (χ4n) is 0.776. The zero-order chi connectivity index (χ0) is 9.30. The summed E-state index contributed by atoms with van der Waals surface area (Å²) >= 11 is 2.92. The molecule has 64 valence electrons. The summed E-state index contributed by atoms with van der Waals surface area (Å²) in [7, 11) is 0. The van der Waals surface area contributed by atoms with E-state index in [9.17, 15) is 9.18 Å². The van der Waals surface area contributed by atoms with Crippen LogP contribution in [0.2, 0.25) is 0 Å². The van der Waals surface area contributed by atoms with Gasteiger partial charge in [-0.3, -0.25) is 4.79 Å². The Morgan fingerprint density at radius 1 is 1.58 bits per heavy atom. The van der Waals surface area contributed by atoms with E-state index in [1.807, 2.05) is 0 Å². The molecule has 0 aliphatic carbocycles. The molecule has 0 bridgehead atoms. The highest BCUT2D eigenvalue weighted by Crippen LogP contribution is 2.28. The summed E-state index contributed by atoms with van der Waals surface area (Å²) in [5, 5.41) is 9.16. The molecule has 1 rings (SSSR count). The highest BCUT2D eigenvalue weighted by atomic mass is 79.9. The molecule has 0 aromatic heterocycles. The van der Waals surface area contributed by atoms with Gasteiger partial charge in [-0.05, 0) is 28.1 Å². The van der Waals surface area contributed by atoms with Crippen molar-refractivity contribution < 1.29 is 14.3 Å². The zero-order valence-electron chi connectivity index (χ0n) is 5.84. The lowest BCUT2D eigenvalue weighted by Crippen LogP contribution is -2.13. The van der Waals surface area contributed by atoms with Crippen molar-refractivity contribution in [1.82, 2.24) is 0 Å². The van der Waals surface area contributed by atoms with E-state index >= 15 is 0 Å². The number of carbonyl (C=O) groups is 1. The number of hydrogen-bond acceptors (Lipinski definition) is 2. The predicted octanol–water partition coefficient (Wildman–Crippen LogP) is 1.39. The summed E-state index contributed by atoms with van der Waals surface area (Å²) in [4.78, 5) is 10.6. The van der Waals surface area contributed by atoms with Crippen molar-refractivity contribution in [2.45, 2.75) is 0 Å². The van der Waals surface area contributed by atoms with Gasteiger partial charge in [0.15, 0.2) is 0 Å². The summed E-state index contributed by atoms with van der Waals surface area (Å²) in [5.41, 5.74) is 4.33. The van der Waals surface area contributed by atoms with E-state index in [2.05, 4.69) is 15.9 Å². The number of nitrogens with two attached hydrogens (primary N) is 1. The lowest BCUT2D eigenvalue weighted by Gasteiger charge is -2.02. The predicted molar refractivity (Wildman–Crippen MR) is 44.3 cm³/mol. The van der Waals surface area contributed by atoms with Crippen LogP contribution in [0.5, 0.6) is 5.75 Å². The molecule has 12 heavy (non-hydrogen) atoms. The largest absolute Gasteiger partial charge is 0.506 e. The van der Waals surface area contributed by atoms with Crippen LogP contribution in [0, 0.1) is 5.82 Å². The highest BCUT2D eigenvalue weighted by molar-refractivity contribution is 9.10. The second-order valence-electron chi connectivity index (χ2n) is 2.12. The lowest BCUT2D eigenvalue weighted by molar-refractivity contribution is 0.0993. The summed E-state index contributed by atoms with van der Waals surface area (Å²) < 4.78 is 13.0. The van der Waals surface area contributed by atoms with Gasteiger partial charge in [-0.25, -0.2) is 4.39 Å². The fraction of sp³-hybridized carbons (Fsp3) is 0. The third-order valence-corrected chi connectivity index (χ3v) is 1.96.